The smallest absolute Gasteiger partial charge is 0.322 e. The van der Waals surface area contributed by atoms with E-state index in [1.807, 2.05) is 43.3 Å². The Morgan fingerprint density at radius 1 is 1.08 bits per heavy atom. The molecule has 26 heavy (non-hydrogen) atoms. The Hall–Kier alpha value is -2.11. The lowest BCUT2D eigenvalue weighted by molar-refractivity contribution is 0.208. The molecule has 2 aromatic carbocycles. The number of piperazine rings is 1. The molecule has 0 aliphatic carbocycles. The summed E-state index contributed by atoms with van der Waals surface area (Å²) in [5.74, 6) is 0.674. The van der Waals surface area contributed by atoms with E-state index in [9.17, 15) is 4.79 Å². The third-order valence-corrected chi connectivity index (χ3v) is 5.08. The Balaban J connectivity index is 1.61. The minimum absolute atomic E-state index is 0.131. The molecule has 138 valence electrons. The van der Waals surface area contributed by atoms with Crippen LogP contribution in [0.4, 0.5) is 16.2 Å². The molecule has 2 aromatic rings. The first kappa shape index (κ1) is 18.7. The number of hydrogen-bond acceptors (Lipinski definition) is 3. The summed E-state index contributed by atoms with van der Waals surface area (Å²) in [6, 6.07) is 12.9. The molecule has 0 saturated carbocycles. The summed E-state index contributed by atoms with van der Waals surface area (Å²) in [5.41, 5.74) is 1.58. The van der Waals surface area contributed by atoms with Gasteiger partial charge >= 0.3 is 6.03 Å². The molecular formula is C19H21Cl2N3O2. The minimum Gasteiger partial charge on any atom is -0.492 e. The average molecular weight is 394 g/mol. The number of nitrogens with zero attached hydrogens (tertiary/aromatic N) is 2. The van der Waals surface area contributed by atoms with E-state index in [0.717, 1.165) is 5.69 Å². The van der Waals surface area contributed by atoms with E-state index < -0.39 is 0 Å². The van der Waals surface area contributed by atoms with Gasteiger partial charge in [-0.2, -0.15) is 0 Å². The number of carbonyl (C=O) groups excluding carboxylic acids is 1. The Labute approximate surface area is 163 Å². The maximum atomic E-state index is 12.6. The SMILES string of the molecule is CCOc1ccccc1NC(=O)N1CCN(c2cccc(Cl)c2Cl)CC1. The van der Waals surface area contributed by atoms with Gasteiger partial charge in [-0.05, 0) is 31.2 Å². The van der Waals surface area contributed by atoms with Crippen LogP contribution in [0.5, 0.6) is 5.75 Å². The maximum Gasteiger partial charge on any atom is 0.322 e. The zero-order chi connectivity index (χ0) is 18.5. The van der Waals surface area contributed by atoms with Gasteiger partial charge in [0.15, 0.2) is 0 Å². The highest BCUT2D eigenvalue weighted by Crippen LogP contribution is 2.33. The summed E-state index contributed by atoms with van der Waals surface area (Å²) >= 11 is 12.4. The summed E-state index contributed by atoms with van der Waals surface area (Å²) in [6.45, 7) is 5.06. The molecule has 5 nitrogen and oxygen atoms in total. The number of benzene rings is 2. The van der Waals surface area contributed by atoms with Gasteiger partial charge < -0.3 is 19.9 Å². The van der Waals surface area contributed by atoms with E-state index in [0.29, 0.717) is 54.3 Å². The van der Waals surface area contributed by atoms with E-state index in [1.165, 1.54) is 0 Å². The van der Waals surface area contributed by atoms with Crippen LogP contribution in [0.3, 0.4) is 0 Å². The lowest BCUT2D eigenvalue weighted by Crippen LogP contribution is -2.50. The summed E-state index contributed by atoms with van der Waals surface area (Å²) in [7, 11) is 0. The first-order valence-electron chi connectivity index (χ1n) is 8.57. The molecule has 0 spiro atoms. The summed E-state index contributed by atoms with van der Waals surface area (Å²) < 4.78 is 5.56. The Kier molecular flexibility index (Phi) is 6.12. The van der Waals surface area contributed by atoms with Gasteiger partial charge in [0.2, 0.25) is 0 Å². The molecule has 1 heterocycles. The van der Waals surface area contributed by atoms with Crippen LogP contribution in [0, 0.1) is 0 Å². The van der Waals surface area contributed by atoms with Crippen LogP contribution in [-0.2, 0) is 0 Å². The number of urea groups is 1. The van der Waals surface area contributed by atoms with Gasteiger partial charge in [-0.25, -0.2) is 4.79 Å². The number of ether oxygens (including phenoxy) is 1. The van der Waals surface area contributed by atoms with Gasteiger partial charge in [-0.1, -0.05) is 41.4 Å². The maximum absolute atomic E-state index is 12.6. The molecule has 0 bridgehead atoms. The van der Waals surface area contributed by atoms with Crippen LogP contribution < -0.4 is 15.0 Å². The highest BCUT2D eigenvalue weighted by atomic mass is 35.5. The number of nitrogens with one attached hydrogen (secondary N) is 1. The van der Waals surface area contributed by atoms with Crippen LogP contribution in [0.25, 0.3) is 0 Å². The molecule has 7 heteroatoms. The topological polar surface area (TPSA) is 44.8 Å². The van der Waals surface area contributed by atoms with Crippen molar-refractivity contribution in [2.24, 2.45) is 0 Å². The molecule has 1 fully saturated rings. The quantitative estimate of drug-likeness (QED) is 0.814. The molecule has 0 atom stereocenters. The third-order valence-electron chi connectivity index (χ3n) is 4.27. The van der Waals surface area contributed by atoms with Crippen LogP contribution in [0.1, 0.15) is 6.92 Å². The van der Waals surface area contributed by atoms with Crippen molar-refractivity contribution in [2.45, 2.75) is 6.92 Å². The van der Waals surface area contributed by atoms with Crippen molar-refractivity contribution in [1.29, 1.82) is 0 Å². The predicted molar refractivity (Wildman–Crippen MR) is 107 cm³/mol. The Bertz CT molecular complexity index is 777. The van der Waals surface area contributed by atoms with E-state index >= 15 is 0 Å². The van der Waals surface area contributed by atoms with Crippen molar-refractivity contribution in [3.05, 3.63) is 52.5 Å². The monoisotopic (exact) mass is 393 g/mol. The second kappa shape index (κ2) is 8.52. The fourth-order valence-corrected chi connectivity index (χ4v) is 3.35. The summed E-state index contributed by atoms with van der Waals surface area (Å²) in [5, 5.41) is 4.03. The van der Waals surface area contributed by atoms with Crippen molar-refractivity contribution < 1.29 is 9.53 Å². The largest absolute Gasteiger partial charge is 0.492 e. The van der Waals surface area contributed by atoms with Gasteiger partial charge in [-0.3, -0.25) is 0 Å². The fraction of sp³-hybridized carbons (Fsp3) is 0.316. The van der Waals surface area contributed by atoms with E-state index in [-0.39, 0.29) is 6.03 Å². The highest BCUT2D eigenvalue weighted by molar-refractivity contribution is 6.43. The lowest BCUT2D eigenvalue weighted by atomic mass is 10.2. The lowest BCUT2D eigenvalue weighted by Gasteiger charge is -2.36. The van der Waals surface area contributed by atoms with Crippen LogP contribution in [0.15, 0.2) is 42.5 Å². The molecule has 1 saturated heterocycles. The third kappa shape index (κ3) is 4.17. The Morgan fingerprint density at radius 3 is 2.54 bits per heavy atom. The molecule has 1 aliphatic rings. The number of hydrogen-bond donors (Lipinski definition) is 1. The molecule has 1 N–H and O–H groups in total. The second-order valence-corrected chi connectivity index (χ2v) is 6.69. The number of carbonyl (C=O) groups is 1. The van der Waals surface area contributed by atoms with Crippen molar-refractivity contribution in [3.63, 3.8) is 0 Å². The second-order valence-electron chi connectivity index (χ2n) is 5.91. The van der Waals surface area contributed by atoms with Crippen LogP contribution in [-0.4, -0.2) is 43.7 Å². The zero-order valence-electron chi connectivity index (χ0n) is 14.5. The zero-order valence-corrected chi connectivity index (χ0v) is 16.1. The van der Waals surface area contributed by atoms with Crippen molar-refractivity contribution in [1.82, 2.24) is 4.90 Å². The van der Waals surface area contributed by atoms with Gasteiger partial charge in [-0.15, -0.1) is 0 Å². The molecule has 0 aromatic heterocycles. The van der Waals surface area contributed by atoms with E-state index in [4.69, 9.17) is 27.9 Å². The van der Waals surface area contributed by atoms with Gasteiger partial charge in [0, 0.05) is 26.2 Å². The first-order chi connectivity index (χ1) is 12.6. The van der Waals surface area contributed by atoms with Crippen molar-refractivity contribution in [3.8, 4) is 5.75 Å². The highest BCUT2D eigenvalue weighted by Gasteiger charge is 2.23. The molecule has 0 unspecified atom stereocenters. The number of amides is 2. The molecular weight excluding hydrogens is 373 g/mol. The van der Waals surface area contributed by atoms with Crippen molar-refractivity contribution in [2.75, 3.05) is 43.0 Å². The summed E-state index contributed by atoms with van der Waals surface area (Å²) in [6.07, 6.45) is 0. The molecule has 2 amide bonds. The number of halogens is 2. The predicted octanol–water partition coefficient (Wildman–Crippen LogP) is 4.75. The van der Waals surface area contributed by atoms with Crippen molar-refractivity contribution >= 4 is 40.6 Å². The molecule has 3 rings (SSSR count). The van der Waals surface area contributed by atoms with Crippen LogP contribution in [0.2, 0.25) is 10.0 Å². The van der Waals surface area contributed by atoms with Gasteiger partial charge in [0.1, 0.15) is 5.75 Å². The van der Waals surface area contributed by atoms with E-state index in [2.05, 4.69) is 10.2 Å². The van der Waals surface area contributed by atoms with Gasteiger partial charge in [0.25, 0.3) is 0 Å². The standard InChI is InChI=1S/C19H21Cl2N3O2/c1-2-26-17-9-4-3-7-15(17)22-19(25)24-12-10-23(11-13-24)16-8-5-6-14(20)18(16)21/h3-9H,2,10-13H2,1H3,(H,22,25). The molecule has 1 aliphatic heterocycles. The first-order valence-corrected chi connectivity index (χ1v) is 9.32. The molecule has 0 radical (unpaired) electrons. The van der Waals surface area contributed by atoms with Gasteiger partial charge in [0.05, 0.1) is 28.0 Å². The normalized spacial score (nSPS) is 14.3. The fourth-order valence-electron chi connectivity index (χ4n) is 2.93. The number of para-hydroxylation sites is 2. The van der Waals surface area contributed by atoms with Crippen LogP contribution >= 0.6 is 23.2 Å². The minimum atomic E-state index is -0.131. The number of rotatable bonds is 4. The average Bonchev–Trinajstić information content (AvgIpc) is 2.66. The Morgan fingerprint density at radius 2 is 1.81 bits per heavy atom. The summed E-state index contributed by atoms with van der Waals surface area (Å²) in [4.78, 5) is 16.5. The number of anilines is 2. The van der Waals surface area contributed by atoms with E-state index in [1.54, 1.807) is 11.0 Å².